The predicted molar refractivity (Wildman–Crippen MR) is 67.8 cm³/mol. The van der Waals surface area contributed by atoms with E-state index in [1.54, 1.807) is 6.07 Å². The first-order chi connectivity index (χ1) is 7.94. The minimum absolute atomic E-state index is 0.170. The van der Waals surface area contributed by atoms with Crippen molar-refractivity contribution in [2.24, 2.45) is 17.2 Å². The van der Waals surface area contributed by atoms with E-state index in [0.717, 1.165) is 17.5 Å². The Balaban J connectivity index is 2.11. The fourth-order valence-electron chi connectivity index (χ4n) is 2.61. The van der Waals surface area contributed by atoms with E-state index >= 15 is 0 Å². The van der Waals surface area contributed by atoms with Crippen molar-refractivity contribution in [3.8, 4) is 0 Å². The molecule has 2 rings (SSSR count). The second-order valence-corrected chi connectivity index (χ2v) is 5.85. The average molecular weight is 236 g/mol. The van der Waals surface area contributed by atoms with Crippen LogP contribution in [0.15, 0.2) is 18.2 Å². The molecule has 2 nitrogen and oxygen atoms in total. The van der Waals surface area contributed by atoms with E-state index < -0.39 is 0 Å². The zero-order chi connectivity index (χ0) is 12.6. The van der Waals surface area contributed by atoms with Crippen molar-refractivity contribution >= 4 is 0 Å². The van der Waals surface area contributed by atoms with E-state index in [-0.39, 0.29) is 11.9 Å². The molecule has 0 saturated heterocycles. The molecule has 0 amide bonds. The number of halogens is 1. The van der Waals surface area contributed by atoms with Crippen molar-refractivity contribution < 1.29 is 4.39 Å². The number of rotatable bonds is 4. The summed E-state index contributed by atoms with van der Waals surface area (Å²) in [4.78, 5) is 0. The van der Waals surface area contributed by atoms with Crippen LogP contribution in [0.4, 0.5) is 4.39 Å². The Morgan fingerprint density at radius 2 is 2.18 bits per heavy atom. The van der Waals surface area contributed by atoms with E-state index in [2.05, 4.69) is 19.3 Å². The Hall–Kier alpha value is -0.930. The van der Waals surface area contributed by atoms with Crippen LogP contribution in [-0.4, -0.2) is 6.04 Å². The Morgan fingerprint density at radius 1 is 1.53 bits per heavy atom. The second kappa shape index (κ2) is 4.39. The number of hydrogen-bond donors (Lipinski definition) is 2. The van der Waals surface area contributed by atoms with Crippen molar-refractivity contribution in [2.45, 2.75) is 39.7 Å². The summed E-state index contributed by atoms with van der Waals surface area (Å²) in [6, 6.07) is 5.20. The minimum Gasteiger partial charge on any atom is -0.271 e. The molecule has 0 heterocycles. The molecule has 0 spiro atoms. The molecule has 1 saturated carbocycles. The van der Waals surface area contributed by atoms with Crippen LogP contribution in [-0.2, 0) is 6.42 Å². The Bertz CT molecular complexity index is 415. The number of benzene rings is 1. The molecule has 2 atom stereocenters. The van der Waals surface area contributed by atoms with Gasteiger partial charge in [-0.2, -0.15) is 0 Å². The molecule has 0 bridgehead atoms. The zero-order valence-corrected chi connectivity index (χ0v) is 10.8. The Labute approximate surface area is 102 Å². The molecule has 1 aromatic carbocycles. The standard InChI is InChI=1S/C14H21FN2/c1-9-4-5-11(15)6-10(9)7-13(17-16)12-8-14(12,2)3/h4-6,12-13,17H,7-8,16H2,1-3H3. The number of hydrazine groups is 1. The normalized spacial score (nSPS) is 23.5. The number of nitrogens with two attached hydrogens (primary N) is 1. The highest BCUT2D eigenvalue weighted by molar-refractivity contribution is 5.28. The lowest BCUT2D eigenvalue weighted by Gasteiger charge is -2.19. The minimum atomic E-state index is -0.170. The van der Waals surface area contributed by atoms with Gasteiger partial charge in [-0.3, -0.25) is 11.3 Å². The molecule has 1 aliphatic carbocycles. The Morgan fingerprint density at radius 3 is 2.71 bits per heavy atom. The highest BCUT2D eigenvalue weighted by Gasteiger charge is 2.49. The summed E-state index contributed by atoms with van der Waals surface area (Å²) in [6.07, 6.45) is 1.99. The molecule has 94 valence electrons. The summed E-state index contributed by atoms with van der Waals surface area (Å²) in [7, 11) is 0. The first-order valence-corrected chi connectivity index (χ1v) is 6.15. The van der Waals surface area contributed by atoms with E-state index in [1.165, 1.54) is 12.5 Å². The van der Waals surface area contributed by atoms with Crippen molar-refractivity contribution in [1.29, 1.82) is 0 Å². The molecule has 1 aromatic rings. The number of nitrogens with one attached hydrogen (secondary N) is 1. The van der Waals surface area contributed by atoms with Gasteiger partial charge in [0.15, 0.2) is 0 Å². The summed E-state index contributed by atoms with van der Waals surface area (Å²) >= 11 is 0. The van der Waals surface area contributed by atoms with Gasteiger partial charge in [0.05, 0.1) is 0 Å². The molecule has 0 radical (unpaired) electrons. The van der Waals surface area contributed by atoms with Gasteiger partial charge in [-0.25, -0.2) is 4.39 Å². The Kier molecular flexibility index (Phi) is 3.23. The topological polar surface area (TPSA) is 38.0 Å². The van der Waals surface area contributed by atoms with Gasteiger partial charge >= 0.3 is 0 Å². The van der Waals surface area contributed by atoms with Gasteiger partial charge in [-0.1, -0.05) is 19.9 Å². The van der Waals surface area contributed by atoms with Gasteiger partial charge in [0.2, 0.25) is 0 Å². The number of aryl methyl sites for hydroxylation is 1. The van der Waals surface area contributed by atoms with Crippen LogP contribution in [0.2, 0.25) is 0 Å². The first-order valence-electron chi connectivity index (χ1n) is 6.15. The SMILES string of the molecule is Cc1ccc(F)cc1CC(NN)C1CC1(C)C. The maximum Gasteiger partial charge on any atom is 0.123 e. The predicted octanol–water partition coefficient (Wildman–Crippen LogP) is 2.55. The van der Waals surface area contributed by atoms with Crippen LogP contribution in [0.1, 0.15) is 31.4 Å². The van der Waals surface area contributed by atoms with Crippen LogP contribution in [0.3, 0.4) is 0 Å². The van der Waals surface area contributed by atoms with Crippen molar-refractivity contribution in [2.75, 3.05) is 0 Å². The molecular weight excluding hydrogens is 215 g/mol. The summed E-state index contributed by atoms with van der Waals surface area (Å²) in [6.45, 7) is 6.52. The zero-order valence-electron chi connectivity index (χ0n) is 10.8. The van der Waals surface area contributed by atoms with Crippen LogP contribution >= 0.6 is 0 Å². The lowest BCUT2D eigenvalue weighted by Crippen LogP contribution is -2.39. The van der Waals surface area contributed by atoms with Gasteiger partial charge < -0.3 is 0 Å². The molecular formula is C14H21FN2. The molecule has 2 unspecified atom stereocenters. The monoisotopic (exact) mass is 236 g/mol. The maximum absolute atomic E-state index is 13.2. The van der Waals surface area contributed by atoms with Crippen LogP contribution < -0.4 is 11.3 Å². The van der Waals surface area contributed by atoms with E-state index in [1.807, 2.05) is 13.0 Å². The third kappa shape index (κ3) is 2.67. The lowest BCUT2D eigenvalue weighted by atomic mass is 9.95. The molecule has 17 heavy (non-hydrogen) atoms. The van der Waals surface area contributed by atoms with Gasteiger partial charge in [0, 0.05) is 6.04 Å². The average Bonchev–Trinajstić information content (AvgIpc) is 2.89. The van der Waals surface area contributed by atoms with E-state index in [0.29, 0.717) is 11.3 Å². The van der Waals surface area contributed by atoms with Crippen molar-refractivity contribution in [1.82, 2.24) is 5.43 Å². The first kappa shape index (κ1) is 12.5. The summed E-state index contributed by atoms with van der Waals surface area (Å²) in [5.41, 5.74) is 5.45. The van der Waals surface area contributed by atoms with Crippen molar-refractivity contribution in [3.63, 3.8) is 0 Å². The third-order valence-electron chi connectivity index (χ3n) is 4.04. The smallest absolute Gasteiger partial charge is 0.123 e. The largest absolute Gasteiger partial charge is 0.271 e. The molecule has 3 heteroatoms. The van der Waals surface area contributed by atoms with Gasteiger partial charge in [-0.15, -0.1) is 0 Å². The highest BCUT2D eigenvalue weighted by atomic mass is 19.1. The van der Waals surface area contributed by atoms with Gasteiger partial charge in [-0.05, 0) is 54.4 Å². The van der Waals surface area contributed by atoms with Crippen LogP contribution in [0.25, 0.3) is 0 Å². The van der Waals surface area contributed by atoms with E-state index in [4.69, 9.17) is 5.84 Å². The molecule has 0 aromatic heterocycles. The van der Waals surface area contributed by atoms with Crippen LogP contribution in [0, 0.1) is 24.1 Å². The maximum atomic E-state index is 13.2. The highest BCUT2D eigenvalue weighted by Crippen LogP contribution is 2.53. The van der Waals surface area contributed by atoms with Crippen LogP contribution in [0.5, 0.6) is 0 Å². The fraction of sp³-hybridized carbons (Fsp3) is 0.571. The van der Waals surface area contributed by atoms with E-state index in [9.17, 15) is 4.39 Å². The summed E-state index contributed by atoms with van der Waals surface area (Å²) in [5, 5.41) is 0. The van der Waals surface area contributed by atoms with Gasteiger partial charge in [0.25, 0.3) is 0 Å². The van der Waals surface area contributed by atoms with Crippen molar-refractivity contribution in [3.05, 3.63) is 35.1 Å². The molecule has 3 N–H and O–H groups in total. The second-order valence-electron chi connectivity index (χ2n) is 5.85. The quantitative estimate of drug-likeness (QED) is 0.623. The number of hydrogen-bond acceptors (Lipinski definition) is 2. The molecule has 1 aliphatic rings. The molecule has 1 fully saturated rings. The molecule has 0 aliphatic heterocycles. The third-order valence-corrected chi connectivity index (χ3v) is 4.04. The van der Waals surface area contributed by atoms with Gasteiger partial charge in [0.1, 0.15) is 5.82 Å². The fourth-order valence-corrected chi connectivity index (χ4v) is 2.61. The summed E-state index contributed by atoms with van der Waals surface area (Å²) < 4.78 is 13.2. The lowest BCUT2D eigenvalue weighted by molar-refractivity contribution is 0.408. The summed E-state index contributed by atoms with van der Waals surface area (Å²) in [5.74, 6) is 6.05.